The van der Waals surface area contributed by atoms with Crippen molar-refractivity contribution in [3.63, 3.8) is 0 Å². The van der Waals surface area contributed by atoms with E-state index in [-0.39, 0.29) is 48.1 Å². The molecule has 0 saturated carbocycles. The van der Waals surface area contributed by atoms with Crippen molar-refractivity contribution < 1.29 is 27.8 Å². The minimum Gasteiger partial charge on any atom is -0.497 e. The van der Waals surface area contributed by atoms with Gasteiger partial charge >= 0.3 is 0 Å². The maximum Gasteiger partial charge on any atom is 0.258 e. The molecular formula is C51H51F2N7O4. The first-order valence-corrected chi connectivity index (χ1v) is 20.9. The molecular weight excluding hydrogens is 813 g/mol. The van der Waals surface area contributed by atoms with Crippen LogP contribution in [0.25, 0.3) is 0 Å². The van der Waals surface area contributed by atoms with E-state index in [1.807, 2.05) is 93.6 Å². The predicted octanol–water partition coefficient (Wildman–Crippen LogP) is 10.1. The Balaban J connectivity index is 1.13. The zero-order valence-electron chi connectivity index (χ0n) is 36.4. The summed E-state index contributed by atoms with van der Waals surface area (Å²) < 4.78 is 44.8. The number of halogens is 2. The van der Waals surface area contributed by atoms with Gasteiger partial charge in [0.15, 0.2) is 6.61 Å². The number of hydrogen-bond donors (Lipinski definition) is 4. The van der Waals surface area contributed by atoms with Crippen LogP contribution >= 0.6 is 0 Å². The van der Waals surface area contributed by atoms with Gasteiger partial charge in [0.25, 0.3) is 5.91 Å². The molecule has 0 aliphatic carbocycles. The fourth-order valence-electron chi connectivity index (χ4n) is 7.09. The lowest BCUT2D eigenvalue weighted by Crippen LogP contribution is -2.33. The topological polar surface area (TPSA) is 132 Å². The third-order valence-electron chi connectivity index (χ3n) is 10.7. The van der Waals surface area contributed by atoms with Crippen molar-refractivity contribution >= 4 is 23.8 Å². The summed E-state index contributed by atoms with van der Waals surface area (Å²) in [6.45, 7) is 6.24. The third-order valence-corrected chi connectivity index (χ3v) is 10.7. The van der Waals surface area contributed by atoms with Gasteiger partial charge in [-0.25, -0.2) is 8.78 Å². The Morgan fingerprint density at radius 1 is 0.594 bits per heavy atom. The number of rotatable bonds is 19. The minimum atomic E-state index is -0.570. The van der Waals surface area contributed by atoms with Crippen molar-refractivity contribution in [2.45, 2.75) is 45.3 Å². The highest BCUT2D eigenvalue weighted by Crippen LogP contribution is 2.36. The maximum absolute atomic E-state index is 13.8. The predicted molar refractivity (Wildman–Crippen MR) is 246 cm³/mol. The average molecular weight is 864 g/mol. The van der Waals surface area contributed by atoms with Gasteiger partial charge < -0.3 is 35.5 Å². The van der Waals surface area contributed by atoms with E-state index in [0.29, 0.717) is 36.2 Å². The molecule has 1 amide bonds. The van der Waals surface area contributed by atoms with E-state index >= 15 is 0 Å². The lowest BCUT2D eigenvalue weighted by molar-refractivity contribution is -0.123. The standard InChI is InChI=1S/C51H51F2N7O4/c1-32-6-12-37(13-7-32)47(38-14-8-33(2)9-15-38)56-46(61)31-64-42-24-18-39(19-25-42)48(44-27-26-43(62-4)30-45(44)63-5)57-51-59-49(54-29-28-35-10-20-40(52)21-11-35)58-50(60-51)55-34(3)36-16-22-41(53)23-17-36/h6-27,30,34,47-48H,28-29,31H2,1-5H3,(H,56,61)(H3,54,55,57,58,59,60)/t34-,48?/m0/s1. The zero-order valence-corrected chi connectivity index (χ0v) is 36.4. The Hall–Kier alpha value is -7.54. The Bertz CT molecular complexity index is 2570. The molecule has 6 aromatic carbocycles. The molecule has 7 rings (SSSR count). The number of carbonyl (C=O) groups is 1. The van der Waals surface area contributed by atoms with Gasteiger partial charge in [-0.2, -0.15) is 15.0 Å². The molecule has 0 radical (unpaired) electrons. The first kappa shape index (κ1) is 44.5. The molecule has 0 saturated heterocycles. The molecule has 7 aromatic rings. The second kappa shape index (κ2) is 21.0. The van der Waals surface area contributed by atoms with Gasteiger partial charge in [-0.3, -0.25) is 4.79 Å². The lowest BCUT2D eigenvalue weighted by atomic mass is 9.97. The van der Waals surface area contributed by atoms with Gasteiger partial charge in [-0.1, -0.05) is 96.1 Å². The number of benzene rings is 6. The van der Waals surface area contributed by atoms with Gasteiger partial charge in [0.1, 0.15) is 28.9 Å². The Kier molecular flexibility index (Phi) is 14.6. The van der Waals surface area contributed by atoms with Crippen LogP contribution in [0.4, 0.5) is 26.6 Å². The fourth-order valence-corrected chi connectivity index (χ4v) is 7.09. The summed E-state index contributed by atoms with van der Waals surface area (Å²) in [4.78, 5) is 27.6. The van der Waals surface area contributed by atoms with Crippen molar-refractivity contribution in [3.05, 3.63) is 196 Å². The number of nitrogens with zero attached hydrogens (tertiary/aromatic N) is 3. The summed E-state index contributed by atoms with van der Waals surface area (Å²) in [6, 6.07) is 40.5. The molecule has 0 fully saturated rings. The number of hydrogen-bond acceptors (Lipinski definition) is 10. The van der Waals surface area contributed by atoms with Crippen molar-refractivity contribution in [3.8, 4) is 17.2 Å². The van der Waals surface area contributed by atoms with E-state index in [4.69, 9.17) is 24.2 Å². The molecule has 13 heteroatoms. The highest BCUT2D eigenvalue weighted by Gasteiger charge is 2.23. The van der Waals surface area contributed by atoms with E-state index < -0.39 is 6.04 Å². The van der Waals surface area contributed by atoms with Crippen molar-refractivity contribution in [1.29, 1.82) is 0 Å². The van der Waals surface area contributed by atoms with Crippen LogP contribution in [-0.2, 0) is 11.2 Å². The highest BCUT2D eigenvalue weighted by molar-refractivity contribution is 5.78. The van der Waals surface area contributed by atoms with Gasteiger partial charge in [-0.15, -0.1) is 0 Å². The Labute approximate surface area is 372 Å². The maximum atomic E-state index is 13.8. The molecule has 0 aliphatic rings. The van der Waals surface area contributed by atoms with E-state index in [9.17, 15) is 13.6 Å². The van der Waals surface area contributed by atoms with Crippen LogP contribution < -0.4 is 35.5 Å². The Morgan fingerprint density at radius 2 is 1.11 bits per heavy atom. The molecule has 0 spiro atoms. The summed E-state index contributed by atoms with van der Waals surface area (Å²) in [7, 11) is 3.18. The fraction of sp³-hybridized carbons (Fsp3) is 0.216. The quantitative estimate of drug-likeness (QED) is 0.0623. The third kappa shape index (κ3) is 11.9. The first-order chi connectivity index (χ1) is 31.0. The van der Waals surface area contributed by atoms with Crippen LogP contribution in [0.1, 0.15) is 69.6 Å². The SMILES string of the molecule is COc1ccc(C(Nc2nc(NCCc3ccc(F)cc3)nc(N[C@@H](C)c3ccc(F)cc3)n2)c2ccc(OCC(=O)NC(c3ccc(C)cc3)c3ccc(C)cc3)cc2)c(OC)c1. The number of anilines is 3. The first-order valence-electron chi connectivity index (χ1n) is 20.9. The summed E-state index contributed by atoms with van der Waals surface area (Å²) in [5.41, 5.74) is 7.54. The molecule has 0 aliphatic heterocycles. The lowest BCUT2D eigenvalue weighted by Gasteiger charge is -2.23. The minimum absolute atomic E-state index is 0.199. The van der Waals surface area contributed by atoms with Gasteiger partial charge in [0, 0.05) is 18.2 Å². The zero-order chi connectivity index (χ0) is 45.0. The summed E-state index contributed by atoms with van der Waals surface area (Å²) in [6.07, 6.45) is 0.589. The normalized spacial score (nSPS) is 11.9. The van der Waals surface area contributed by atoms with Crippen LogP contribution in [-0.4, -0.2) is 48.2 Å². The van der Waals surface area contributed by atoms with Crippen LogP contribution in [0.15, 0.2) is 140 Å². The molecule has 1 heterocycles. The van der Waals surface area contributed by atoms with Crippen LogP contribution in [0.3, 0.4) is 0 Å². The molecule has 1 aromatic heterocycles. The smallest absolute Gasteiger partial charge is 0.258 e. The number of aromatic nitrogens is 3. The molecule has 328 valence electrons. The molecule has 0 bridgehead atoms. The van der Waals surface area contributed by atoms with E-state index in [1.165, 1.54) is 24.3 Å². The van der Waals surface area contributed by atoms with Gasteiger partial charge in [0.2, 0.25) is 17.8 Å². The summed E-state index contributed by atoms with van der Waals surface area (Å²) >= 11 is 0. The molecule has 2 atom stereocenters. The second-order valence-corrected chi connectivity index (χ2v) is 15.4. The molecule has 64 heavy (non-hydrogen) atoms. The van der Waals surface area contributed by atoms with E-state index in [2.05, 4.69) is 26.3 Å². The Morgan fingerprint density at radius 3 is 1.70 bits per heavy atom. The number of methoxy groups -OCH3 is 2. The van der Waals surface area contributed by atoms with E-state index in [1.54, 1.807) is 56.7 Å². The number of aryl methyl sites for hydroxylation is 2. The van der Waals surface area contributed by atoms with Crippen LogP contribution in [0.5, 0.6) is 17.2 Å². The molecule has 1 unspecified atom stereocenters. The second-order valence-electron chi connectivity index (χ2n) is 15.4. The van der Waals surface area contributed by atoms with Crippen molar-refractivity contribution in [2.75, 3.05) is 43.3 Å². The van der Waals surface area contributed by atoms with E-state index in [0.717, 1.165) is 44.5 Å². The monoisotopic (exact) mass is 863 g/mol. The largest absolute Gasteiger partial charge is 0.497 e. The van der Waals surface area contributed by atoms with Crippen molar-refractivity contribution in [1.82, 2.24) is 20.3 Å². The number of ether oxygens (including phenoxy) is 3. The van der Waals surface area contributed by atoms with Gasteiger partial charge in [-0.05, 0) is 104 Å². The molecule has 4 N–H and O–H groups in total. The molecule has 11 nitrogen and oxygen atoms in total. The van der Waals surface area contributed by atoms with Gasteiger partial charge in [0.05, 0.1) is 32.3 Å². The van der Waals surface area contributed by atoms with Crippen LogP contribution in [0.2, 0.25) is 0 Å². The highest BCUT2D eigenvalue weighted by atomic mass is 19.1. The summed E-state index contributed by atoms with van der Waals surface area (Å²) in [5, 5.41) is 13.3. The summed E-state index contributed by atoms with van der Waals surface area (Å²) in [5.74, 6) is 1.57. The van der Waals surface area contributed by atoms with Crippen LogP contribution in [0, 0.1) is 25.5 Å². The number of amides is 1. The number of carbonyl (C=O) groups excluding carboxylic acids is 1. The van der Waals surface area contributed by atoms with Crippen molar-refractivity contribution in [2.24, 2.45) is 0 Å². The average Bonchev–Trinajstić information content (AvgIpc) is 3.31. The number of nitrogens with one attached hydrogen (secondary N) is 4.